The highest BCUT2D eigenvalue weighted by Gasteiger charge is 2.22. The number of nitrogens with two attached hydrogens (primary N) is 1. The maximum atomic E-state index is 12.4. The number of ether oxygens (including phenoxy) is 1. The van der Waals surface area contributed by atoms with Crippen LogP contribution in [0.3, 0.4) is 0 Å². The van der Waals surface area contributed by atoms with Gasteiger partial charge >= 0.3 is 5.97 Å². The number of carboxylic acids is 1. The first-order valence-corrected chi connectivity index (χ1v) is 9.30. The monoisotopic (exact) mass is 403 g/mol. The van der Waals surface area contributed by atoms with Crippen molar-refractivity contribution in [2.75, 3.05) is 38.5 Å². The molecule has 1 amide bonds. The largest absolute Gasteiger partial charge is 0.483 e. The second-order valence-corrected chi connectivity index (χ2v) is 7.07. The topological polar surface area (TPSA) is 96.1 Å². The Morgan fingerprint density at radius 1 is 1.07 bits per heavy atom. The highest BCUT2D eigenvalue weighted by Crippen LogP contribution is 2.22. The highest BCUT2D eigenvalue weighted by atomic mass is 35.5. The molecule has 8 heteroatoms. The lowest BCUT2D eigenvalue weighted by atomic mass is 10.2. The molecule has 0 atom stereocenters. The van der Waals surface area contributed by atoms with Gasteiger partial charge in [-0.05, 0) is 29.8 Å². The van der Waals surface area contributed by atoms with Crippen LogP contribution in [-0.4, -0.2) is 59.6 Å². The third-order valence-electron chi connectivity index (χ3n) is 4.63. The molecule has 3 rings (SSSR count). The van der Waals surface area contributed by atoms with Gasteiger partial charge in [-0.2, -0.15) is 0 Å². The van der Waals surface area contributed by atoms with Crippen molar-refractivity contribution in [3.05, 3.63) is 58.6 Å². The molecule has 0 bridgehead atoms. The van der Waals surface area contributed by atoms with E-state index in [1.165, 1.54) is 23.8 Å². The predicted molar refractivity (Wildman–Crippen MR) is 107 cm³/mol. The van der Waals surface area contributed by atoms with E-state index in [4.69, 9.17) is 22.1 Å². The van der Waals surface area contributed by atoms with Crippen molar-refractivity contribution in [1.29, 1.82) is 0 Å². The Hall–Kier alpha value is -2.77. The predicted octanol–water partition coefficient (Wildman–Crippen LogP) is 2.34. The van der Waals surface area contributed by atoms with Gasteiger partial charge < -0.3 is 20.5 Å². The molecule has 148 valence electrons. The molecular weight excluding hydrogens is 382 g/mol. The number of benzene rings is 2. The molecule has 0 radical (unpaired) electrons. The third kappa shape index (κ3) is 5.15. The van der Waals surface area contributed by atoms with E-state index in [1.807, 2.05) is 24.3 Å². The van der Waals surface area contributed by atoms with Crippen molar-refractivity contribution < 1.29 is 19.4 Å². The zero-order valence-corrected chi connectivity index (χ0v) is 16.1. The number of carbonyl (C=O) groups is 2. The Bertz CT molecular complexity index is 849. The number of carbonyl (C=O) groups excluding carboxylic acids is 1. The van der Waals surface area contributed by atoms with Crippen molar-refractivity contribution in [1.82, 2.24) is 9.80 Å². The number of rotatable bonds is 6. The lowest BCUT2D eigenvalue weighted by molar-refractivity contribution is -0.135. The Balaban J connectivity index is 1.50. The van der Waals surface area contributed by atoms with Crippen LogP contribution >= 0.6 is 11.6 Å². The van der Waals surface area contributed by atoms with Gasteiger partial charge in [0.05, 0.1) is 0 Å². The van der Waals surface area contributed by atoms with Crippen molar-refractivity contribution in [2.45, 2.75) is 6.54 Å². The van der Waals surface area contributed by atoms with E-state index in [9.17, 15) is 14.7 Å². The second-order valence-electron chi connectivity index (χ2n) is 6.63. The molecule has 3 N–H and O–H groups in total. The summed E-state index contributed by atoms with van der Waals surface area (Å²) in [6, 6.07) is 12.0. The van der Waals surface area contributed by atoms with Gasteiger partial charge in [0, 0.05) is 49.5 Å². The summed E-state index contributed by atoms with van der Waals surface area (Å²) in [6.07, 6.45) is 0. The van der Waals surface area contributed by atoms with E-state index < -0.39 is 5.97 Å². The first-order chi connectivity index (χ1) is 13.4. The van der Waals surface area contributed by atoms with Crippen molar-refractivity contribution in [2.24, 2.45) is 0 Å². The normalized spacial score (nSPS) is 14.7. The van der Waals surface area contributed by atoms with Gasteiger partial charge in [-0.3, -0.25) is 9.69 Å². The molecule has 1 saturated heterocycles. The van der Waals surface area contributed by atoms with Gasteiger partial charge in [-0.1, -0.05) is 23.7 Å². The van der Waals surface area contributed by atoms with E-state index >= 15 is 0 Å². The second kappa shape index (κ2) is 8.95. The maximum Gasteiger partial charge on any atom is 0.339 e. The van der Waals surface area contributed by atoms with Crippen molar-refractivity contribution in [3.63, 3.8) is 0 Å². The molecule has 1 heterocycles. The molecule has 2 aromatic rings. The smallest absolute Gasteiger partial charge is 0.339 e. The van der Waals surface area contributed by atoms with Gasteiger partial charge in [0.2, 0.25) is 0 Å². The summed E-state index contributed by atoms with van der Waals surface area (Å²) in [5.74, 6) is -1.20. The summed E-state index contributed by atoms with van der Waals surface area (Å²) in [4.78, 5) is 27.7. The number of amides is 1. The maximum absolute atomic E-state index is 12.4. The summed E-state index contributed by atoms with van der Waals surface area (Å²) < 4.78 is 5.45. The zero-order chi connectivity index (χ0) is 20.1. The van der Waals surface area contributed by atoms with Gasteiger partial charge in [0.25, 0.3) is 5.91 Å². The number of anilines is 1. The standard InChI is InChI=1S/C20H22ClN3O4/c21-15-3-1-14(2-4-15)12-23-7-9-24(10-8-23)19(25)13-28-18-11-16(22)5-6-17(18)20(26)27/h1-6,11H,7-10,12-13,22H2,(H,26,27). The van der Waals surface area contributed by atoms with Crippen molar-refractivity contribution in [3.8, 4) is 5.75 Å². The average Bonchev–Trinajstić information content (AvgIpc) is 2.68. The molecule has 0 aliphatic carbocycles. The van der Waals surface area contributed by atoms with Crippen LogP contribution in [0.2, 0.25) is 5.02 Å². The fourth-order valence-corrected chi connectivity index (χ4v) is 3.20. The van der Waals surface area contributed by atoms with Crippen LogP contribution in [0.25, 0.3) is 0 Å². The molecule has 2 aromatic carbocycles. The molecule has 1 aliphatic heterocycles. The SMILES string of the molecule is Nc1ccc(C(=O)O)c(OCC(=O)N2CCN(Cc3ccc(Cl)cc3)CC2)c1. The number of aromatic carboxylic acids is 1. The number of hydrogen-bond donors (Lipinski definition) is 2. The van der Waals surface area contributed by atoms with Crippen LogP contribution in [0, 0.1) is 0 Å². The molecule has 28 heavy (non-hydrogen) atoms. The van der Waals surface area contributed by atoms with Crippen LogP contribution in [-0.2, 0) is 11.3 Å². The quantitative estimate of drug-likeness (QED) is 0.719. The van der Waals surface area contributed by atoms with Crippen LogP contribution in [0.5, 0.6) is 5.75 Å². The summed E-state index contributed by atoms with van der Waals surface area (Å²) in [5, 5.41) is 9.92. The van der Waals surface area contributed by atoms with E-state index in [-0.39, 0.29) is 23.8 Å². The van der Waals surface area contributed by atoms with E-state index in [2.05, 4.69) is 4.90 Å². The molecule has 1 fully saturated rings. The number of nitrogens with zero attached hydrogens (tertiary/aromatic N) is 2. The number of hydrogen-bond acceptors (Lipinski definition) is 5. The Morgan fingerprint density at radius 3 is 2.39 bits per heavy atom. The fourth-order valence-electron chi connectivity index (χ4n) is 3.07. The molecule has 0 unspecified atom stereocenters. The van der Waals surface area contributed by atoms with Crippen LogP contribution < -0.4 is 10.5 Å². The number of carboxylic acid groups (broad SMARTS) is 1. The summed E-state index contributed by atoms with van der Waals surface area (Å²) in [5.41, 5.74) is 7.22. The van der Waals surface area contributed by atoms with E-state index in [1.54, 1.807) is 4.90 Å². The summed E-state index contributed by atoms with van der Waals surface area (Å²) in [6.45, 7) is 3.29. The molecular formula is C20H22ClN3O4. The zero-order valence-electron chi connectivity index (χ0n) is 15.3. The summed E-state index contributed by atoms with van der Waals surface area (Å²) in [7, 11) is 0. The molecule has 7 nitrogen and oxygen atoms in total. The van der Waals surface area contributed by atoms with E-state index in [0.29, 0.717) is 23.8 Å². The van der Waals surface area contributed by atoms with E-state index in [0.717, 1.165) is 19.6 Å². The first kappa shape index (κ1) is 20.0. The third-order valence-corrected chi connectivity index (χ3v) is 4.88. The van der Waals surface area contributed by atoms with Gasteiger partial charge in [-0.25, -0.2) is 4.79 Å². The Morgan fingerprint density at radius 2 is 1.75 bits per heavy atom. The van der Waals surface area contributed by atoms with Gasteiger partial charge in [0.1, 0.15) is 11.3 Å². The number of piperazine rings is 1. The fraction of sp³-hybridized carbons (Fsp3) is 0.300. The minimum absolute atomic E-state index is 0.0187. The highest BCUT2D eigenvalue weighted by molar-refractivity contribution is 6.30. The molecule has 0 aromatic heterocycles. The van der Waals surface area contributed by atoms with Gasteiger partial charge in [-0.15, -0.1) is 0 Å². The molecule has 0 spiro atoms. The van der Waals surface area contributed by atoms with Crippen LogP contribution in [0.15, 0.2) is 42.5 Å². The number of halogens is 1. The summed E-state index contributed by atoms with van der Waals surface area (Å²) >= 11 is 5.91. The van der Waals surface area contributed by atoms with Crippen LogP contribution in [0.1, 0.15) is 15.9 Å². The van der Waals surface area contributed by atoms with Crippen LogP contribution in [0.4, 0.5) is 5.69 Å². The molecule has 0 saturated carbocycles. The lowest BCUT2D eigenvalue weighted by Gasteiger charge is -2.34. The Kier molecular flexibility index (Phi) is 6.38. The van der Waals surface area contributed by atoms with Crippen molar-refractivity contribution >= 4 is 29.2 Å². The first-order valence-electron chi connectivity index (χ1n) is 8.92. The average molecular weight is 404 g/mol. The minimum Gasteiger partial charge on any atom is -0.483 e. The van der Waals surface area contributed by atoms with Gasteiger partial charge in [0.15, 0.2) is 6.61 Å². The lowest BCUT2D eigenvalue weighted by Crippen LogP contribution is -2.49. The number of nitrogen functional groups attached to an aromatic ring is 1. The molecule has 1 aliphatic rings. The minimum atomic E-state index is -1.13. The Labute approximate surface area is 168 Å².